The van der Waals surface area contributed by atoms with E-state index in [0.717, 1.165) is 11.3 Å². The first-order valence-corrected chi connectivity index (χ1v) is 7.62. The molecule has 108 valence electrons. The highest BCUT2D eigenvalue weighted by Gasteiger charge is 2.22. The number of thiophene rings is 1. The number of aliphatic hydroxyl groups excluding tert-OH is 1. The largest absolute Gasteiger partial charge is 0.393 e. The van der Waals surface area contributed by atoms with E-state index in [0.29, 0.717) is 13.0 Å². The molecule has 3 nitrogen and oxygen atoms in total. The number of aryl methyl sites for hydroxylation is 2. The summed E-state index contributed by atoms with van der Waals surface area (Å²) < 4.78 is 0. The molecule has 1 aromatic rings. The van der Waals surface area contributed by atoms with Crippen LogP contribution >= 0.6 is 11.3 Å². The fraction of sp³-hybridized carbons (Fsp3) is 0.667. The average molecular weight is 283 g/mol. The van der Waals surface area contributed by atoms with Gasteiger partial charge in [-0.25, -0.2) is 0 Å². The molecule has 0 bridgehead atoms. The Labute approximate surface area is 120 Å². The third kappa shape index (κ3) is 4.96. The molecular formula is C15H25NO2S. The maximum Gasteiger partial charge on any atom is 0.261 e. The normalized spacial score (nSPS) is 13.4. The lowest BCUT2D eigenvalue weighted by Gasteiger charge is -2.26. The van der Waals surface area contributed by atoms with Crippen LogP contribution in [0.2, 0.25) is 0 Å². The molecular weight excluding hydrogens is 258 g/mol. The summed E-state index contributed by atoms with van der Waals surface area (Å²) in [7, 11) is 0. The fourth-order valence-corrected chi connectivity index (χ4v) is 3.29. The van der Waals surface area contributed by atoms with Crippen molar-refractivity contribution in [3.05, 3.63) is 21.4 Å². The number of carbonyl (C=O) groups excluding carboxylic acids is 1. The molecule has 1 atom stereocenters. The van der Waals surface area contributed by atoms with Crippen molar-refractivity contribution in [1.82, 2.24) is 5.32 Å². The first kappa shape index (κ1) is 16.2. The van der Waals surface area contributed by atoms with E-state index in [2.05, 4.69) is 33.0 Å². The van der Waals surface area contributed by atoms with Gasteiger partial charge in [-0.3, -0.25) is 4.79 Å². The molecule has 0 aromatic carbocycles. The van der Waals surface area contributed by atoms with Gasteiger partial charge in [0.25, 0.3) is 5.91 Å². The van der Waals surface area contributed by atoms with E-state index in [1.165, 1.54) is 10.4 Å². The zero-order valence-electron chi connectivity index (χ0n) is 12.5. The number of hydrogen-bond donors (Lipinski definition) is 2. The molecule has 1 aromatic heterocycles. The van der Waals surface area contributed by atoms with Crippen LogP contribution in [-0.2, 0) is 6.42 Å². The van der Waals surface area contributed by atoms with E-state index in [1.54, 1.807) is 18.3 Å². The van der Waals surface area contributed by atoms with Crippen LogP contribution in [-0.4, -0.2) is 23.7 Å². The Morgan fingerprint density at radius 1 is 1.53 bits per heavy atom. The maximum atomic E-state index is 12.1. The number of amides is 1. The second-order valence-corrected chi connectivity index (χ2v) is 7.20. The molecule has 4 heteroatoms. The first-order chi connectivity index (χ1) is 8.75. The molecule has 1 rings (SSSR count). The zero-order chi connectivity index (χ0) is 14.6. The van der Waals surface area contributed by atoms with Gasteiger partial charge in [0, 0.05) is 11.4 Å². The molecule has 0 aliphatic rings. The van der Waals surface area contributed by atoms with Crippen molar-refractivity contribution in [2.75, 3.05) is 6.54 Å². The summed E-state index contributed by atoms with van der Waals surface area (Å²) in [4.78, 5) is 14.1. The minimum Gasteiger partial charge on any atom is -0.393 e. The lowest BCUT2D eigenvalue weighted by molar-refractivity contribution is 0.0906. The summed E-state index contributed by atoms with van der Waals surface area (Å²) >= 11 is 1.55. The summed E-state index contributed by atoms with van der Waals surface area (Å²) in [5.41, 5.74) is 1.15. The van der Waals surface area contributed by atoms with Crippen LogP contribution in [0.25, 0.3) is 0 Å². The number of nitrogens with one attached hydrogen (secondary N) is 1. The van der Waals surface area contributed by atoms with Crippen molar-refractivity contribution in [1.29, 1.82) is 0 Å². The van der Waals surface area contributed by atoms with Gasteiger partial charge in [0.2, 0.25) is 0 Å². The van der Waals surface area contributed by atoms with Crippen LogP contribution in [0.1, 0.15) is 54.2 Å². The SMILES string of the molecule is CCc1cc(C(=O)NCC(C)(C)CC(C)O)sc1C. The second-order valence-electron chi connectivity index (χ2n) is 5.95. The van der Waals surface area contributed by atoms with Crippen LogP contribution in [0.4, 0.5) is 0 Å². The summed E-state index contributed by atoms with van der Waals surface area (Å²) in [5.74, 6) is -0.00790. The quantitative estimate of drug-likeness (QED) is 0.842. The molecule has 0 spiro atoms. The van der Waals surface area contributed by atoms with Crippen molar-refractivity contribution < 1.29 is 9.90 Å². The van der Waals surface area contributed by atoms with E-state index in [-0.39, 0.29) is 17.4 Å². The number of hydrogen-bond acceptors (Lipinski definition) is 3. The third-order valence-electron chi connectivity index (χ3n) is 3.20. The van der Waals surface area contributed by atoms with Gasteiger partial charge in [-0.05, 0) is 43.7 Å². The van der Waals surface area contributed by atoms with E-state index in [1.807, 2.05) is 6.07 Å². The van der Waals surface area contributed by atoms with E-state index < -0.39 is 0 Å². The molecule has 0 saturated heterocycles. The maximum absolute atomic E-state index is 12.1. The lowest BCUT2D eigenvalue weighted by Crippen LogP contribution is -2.35. The number of carbonyl (C=O) groups is 1. The smallest absolute Gasteiger partial charge is 0.261 e. The minimum atomic E-state index is -0.345. The monoisotopic (exact) mass is 283 g/mol. The van der Waals surface area contributed by atoms with Gasteiger partial charge in [-0.15, -0.1) is 11.3 Å². The third-order valence-corrected chi connectivity index (χ3v) is 4.29. The second kappa shape index (κ2) is 6.53. The molecule has 1 heterocycles. The van der Waals surface area contributed by atoms with Gasteiger partial charge in [-0.1, -0.05) is 20.8 Å². The Balaban J connectivity index is 2.60. The van der Waals surface area contributed by atoms with E-state index >= 15 is 0 Å². The van der Waals surface area contributed by atoms with Gasteiger partial charge >= 0.3 is 0 Å². The number of rotatable bonds is 6. The van der Waals surface area contributed by atoms with Gasteiger partial charge < -0.3 is 10.4 Å². The molecule has 0 saturated carbocycles. The molecule has 1 amide bonds. The summed E-state index contributed by atoms with van der Waals surface area (Å²) in [6, 6.07) is 1.98. The molecule has 1 unspecified atom stereocenters. The predicted octanol–water partition coefficient (Wildman–Crippen LogP) is 3.15. The molecule has 0 aliphatic heterocycles. The highest BCUT2D eigenvalue weighted by Crippen LogP contribution is 2.24. The van der Waals surface area contributed by atoms with Gasteiger partial charge in [0.15, 0.2) is 0 Å². The van der Waals surface area contributed by atoms with Crippen molar-refractivity contribution in [3.8, 4) is 0 Å². The fourth-order valence-electron chi connectivity index (χ4n) is 2.26. The van der Waals surface area contributed by atoms with Crippen molar-refractivity contribution in [2.45, 2.75) is 53.6 Å². The Hall–Kier alpha value is -0.870. The highest BCUT2D eigenvalue weighted by molar-refractivity contribution is 7.14. The van der Waals surface area contributed by atoms with Crippen LogP contribution in [0.5, 0.6) is 0 Å². The van der Waals surface area contributed by atoms with Crippen LogP contribution in [0, 0.1) is 12.3 Å². The minimum absolute atomic E-state index is 0.00790. The van der Waals surface area contributed by atoms with E-state index in [9.17, 15) is 9.90 Å². The molecule has 0 fully saturated rings. The van der Waals surface area contributed by atoms with Crippen LogP contribution < -0.4 is 5.32 Å². The predicted molar refractivity (Wildman–Crippen MR) is 80.8 cm³/mol. The van der Waals surface area contributed by atoms with Gasteiger partial charge in [0.1, 0.15) is 0 Å². The summed E-state index contributed by atoms with van der Waals surface area (Å²) in [6.07, 6.45) is 1.29. The summed E-state index contributed by atoms with van der Waals surface area (Å²) in [5, 5.41) is 12.4. The van der Waals surface area contributed by atoms with Crippen LogP contribution in [0.15, 0.2) is 6.07 Å². The standard InChI is InChI=1S/C15H25NO2S/c1-6-12-7-13(19-11(12)3)14(18)16-9-15(4,5)8-10(2)17/h7,10,17H,6,8-9H2,1-5H3,(H,16,18). The highest BCUT2D eigenvalue weighted by atomic mass is 32.1. The molecule has 19 heavy (non-hydrogen) atoms. The topological polar surface area (TPSA) is 49.3 Å². The first-order valence-electron chi connectivity index (χ1n) is 6.80. The van der Waals surface area contributed by atoms with Crippen LogP contribution in [0.3, 0.4) is 0 Å². The zero-order valence-corrected chi connectivity index (χ0v) is 13.4. The molecule has 0 aliphatic carbocycles. The molecule has 2 N–H and O–H groups in total. The van der Waals surface area contributed by atoms with Crippen molar-refractivity contribution >= 4 is 17.2 Å². The Morgan fingerprint density at radius 3 is 2.63 bits per heavy atom. The van der Waals surface area contributed by atoms with Gasteiger partial charge in [-0.2, -0.15) is 0 Å². The Kier molecular flexibility index (Phi) is 5.56. The Morgan fingerprint density at radius 2 is 2.16 bits per heavy atom. The lowest BCUT2D eigenvalue weighted by atomic mass is 9.87. The number of aliphatic hydroxyl groups is 1. The summed E-state index contributed by atoms with van der Waals surface area (Å²) in [6.45, 7) is 10.6. The van der Waals surface area contributed by atoms with Crippen molar-refractivity contribution in [3.63, 3.8) is 0 Å². The van der Waals surface area contributed by atoms with Crippen molar-refractivity contribution in [2.24, 2.45) is 5.41 Å². The Bertz CT molecular complexity index is 435. The van der Waals surface area contributed by atoms with Gasteiger partial charge in [0.05, 0.1) is 11.0 Å². The molecule has 0 radical (unpaired) electrons. The van der Waals surface area contributed by atoms with E-state index in [4.69, 9.17) is 0 Å². The average Bonchev–Trinajstić information content (AvgIpc) is 2.66.